The Balaban J connectivity index is 1.47. The molecule has 0 aromatic carbocycles. The van der Waals surface area contributed by atoms with E-state index in [4.69, 9.17) is 26.3 Å². The second kappa shape index (κ2) is 9.59. The van der Waals surface area contributed by atoms with Gasteiger partial charge in [-0.05, 0) is 56.4 Å². The summed E-state index contributed by atoms with van der Waals surface area (Å²) >= 11 is 6.17. The van der Waals surface area contributed by atoms with Gasteiger partial charge >= 0.3 is 5.97 Å². The smallest absolute Gasteiger partial charge is 0.311 e. The number of H-pyrrole nitrogens is 1. The van der Waals surface area contributed by atoms with Crippen molar-refractivity contribution in [3.05, 3.63) is 29.8 Å². The molecule has 7 rings (SSSR count). The summed E-state index contributed by atoms with van der Waals surface area (Å²) < 4.78 is 7.70. The highest BCUT2D eigenvalue weighted by Crippen LogP contribution is 2.47. The molecule has 0 unspecified atom stereocenters. The van der Waals surface area contributed by atoms with Crippen molar-refractivity contribution in [2.24, 2.45) is 23.7 Å². The number of rotatable bonds is 7. The van der Waals surface area contributed by atoms with Crippen LogP contribution in [0.3, 0.4) is 0 Å². The lowest BCUT2D eigenvalue weighted by Crippen LogP contribution is -2.52. The first kappa shape index (κ1) is 24.2. The van der Waals surface area contributed by atoms with E-state index >= 15 is 0 Å². The fourth-order valence-corrected chi connectivity index (χ4v) is 6.40. The zero-order chi connectivity index (χ0) is 25.7. The standard InChI is InChI=1S/C27H32ClN7O2/c1-4-37-27(36)20-15-5-7-16(8-6-15)21(20)32-23-17-9-10-35(13-14(2)3)26(17)34-24(33-23)18-11-29-25-22(18)31-19(28)12-30-25/h9-12,14-16,20-21H,4-8,13H2,1-3H3,(H,29,30)(H,32,33,34)/t15?,16?,20-,21-/m0/s1. The Morgan fingerprint density at radius 2 is 2.00 bits per heavy atom. The van der Waals surface area contributed by atoms with Crippen LogP contribution in [0.15, 0.2) is 24.7 Å². The van der Waals surface area contributed by atoms with Gasteiger partial charge in [0, 0.05) is 25.0 Å². The van der Waals surface area contributed by atoms with Gasteiger partial charge in [0.2, 0.25) is 0 Å². The zero-order valence-electron chi connectivity index (χ0n) is 21.4. The molecule has 10 heteroatoms. The number of esters is 1. The molecular weight excluding hydrogens is 490 g/mol. The molecule has 37 heavy (non-hydrogen) atoms. The maximum atomic E-state index is 13.1. The lowest BCUT2D eigenvalue weighted by molar-refractivity contribution is -0.154. The average Bonchev–Trinajstić information content (AvgIpc) is 3.48. The third kappa shape index (κ3) is 4.33. The summed E-state index contributed by atoms with van der Waals surface area (Å²) in [4.78, 5) is 35.1. The van der Waals surface area contributed by atoms with Crippen LogP contribution in [0.4, 0.5) is 5.82 Å². The van der Waals surface area contributed by atoms with Gasteiger partial charge in [0.25, 0.3) is 0 Å². The largest absolute Gasteiger partial charge is 0.466 e. The minimum Gasteiger partial charge on any atom is -0.466 e. The molecule has 2 bridgehead atoms. The van der Waals surface area contributed by atoms with Gasteiger partial charge in [0.05, 0.1) is 29.7 Å². The number of fused-ring (bicyclic) bond motifs is 5. The third-order valence-corrected chi connectivity index (χ3v) is 8.04. The molecule has 0 aliphatic heterocycles. The fraction of sp³-hybridized carbons (Fsp3) is 0.519. The second-order valence-corrected chi connectivity index (χ2v) is 11.1. The van der Waals surface area contributed by atoms with E-state index in [9.17, 15) is 4.79 Å². The van der Waals surface area contributed by atoms with Gasteiger partial charge in [-0.15, -0.1) is 0 Å². The van der Waals surface area contributed by atoms with Crippen molar-refractivity contribution >= 4 is 45.6 Å². The van der Waals surface area contributed by atoms with E-state index in [0.29, 0.717) is 46.5 Å². The maximum absolute atomic E-state index is 13.1. The van der Waals surface area contributed by atoms with Crippen molar-refractivity contribution in [3.63, 3.8) is 0 Å². The van der Waals surface area contributed by atoms with Crippen LogP contribution < -0.4 is 5.32 Å². The molecule has 9 nitrogen and oxygen atoms in total. The first-order valence-electron chi connectivity index (χ1n) is 13.2. The SMILES string of the molecule is CCOC(=O)[C@H]1C2CCC(CC2)[C@@H]1Nc1nc(-c2c[nH]c3ncc(Cl)nc23)nc2c1ccn2CC(C)C. The maximum Gasteiger partial charge on any atom is 0.311 e. The summed E-state index contributed by atoms with van der Waals surface area (Å²) in [5.41, 5.74) is 2.83. The van der Waals surface area contributed by atoms with E-state index in [2.05, 4.69) is 50.9 Å². The topological polar surface area (TPSA) is 111 Å². The Kier molecular flexibility index (Phi) is 6.26. The van der Waals surface area contributed by atoms with Gasteiger partial charge in [-0.2, -0.15) is 0 Å². The molecule has 4 aromatic heterocycles. The number of nitrogens with one attached hydrogen (secondary N) is 2. The molecule has 194 valence electrons. The summed E-state index contributed by atoms with van der Waals surface area (Å²) in [6.07, 6.45) is 9.80. The Bertz CT molecular complexity index is 1450. The van der Waals surface area contributed by atoms with Crippen LogP contribution in [0, 0.1) is 23.7 Å². The summed E-state index contributed by atoms with van der Waals surface area (Å²) in [5, 5.41) is 4.99. The first-order chi connectivity index (χ1) is 17.9. The number of nitrogens with zero attached hydrogens (tertiary/aromatic N) is 5. The van der Waals surface area contributed by atoms with Crippen LogP contribution in [-0.2, 0) is 16.1 Å². The molecule has 3 saturated carbocycles. The number of carbonyl (C=O) groups is 1. The van der Waals surface area contributed by atoms with E-state index in [1.54, 1.807) is 0 Å². The normalized spacial score (nSPS) is 23.3. The molecule has 3 aliphatic rings. The summed E-state index contributed by atoms with van der Waals surface area (Å²) in [7, 11) is 0. The summed E-state index contributed by atoms with van der Waals surface area (Å²) in [5.74, 6) is 2.20. The molecule has 3 aliphatic carbocycles. The van der Waals surface area contributed by atoms with Crippen LogP contribution in [-0.4, -0.2) is 48.1 Å². The lowest BCUT2D eigenvalue weighted by atomic mass is 9.61. The highest BCUT2D eigenvalue weighted by molar-refractivity contribution is 6.29. The Hall–Kier alpha value is -3.20. The molecular formula is C27H32ClN7O2. The van der Waals surface area contributed by atoms with E-state index < -0.39 is 0 Å². The highest BCUT2D eigenvalue weighted by Gasteiger charge is 2.48. The number of aromatic nitrogens is 6. The predicted octanol–water partition coefficient (Wildman–Crippen LogP) is 5.46. The van der Waals surface area contributed by atoms with Crippen LogP contribution in [0.5, 0.6) is 0 Å². The molecule has 0 amide bonds. The van der Waals surface area contributed by atoms with Crippen LogP contribution in [0.1, 0.15) is 46.5 Å². The third-order valence-electron chi connectivity index (χ3n) is 7.85. The quantitative estimate of drug-likeness (QED) is 0.311. The predicted molar refractivity (Wildman–Crippen MR) is 143 cm³/mol. The van der Waals surface area contributed by atoms with Crippen molar-refractivity contribution in [3.8, 4) is 11.4 Å². The number of aromatic amines is 1. The Morgan fingerprint density at radius 3 is 2.76 bits per heavy atom. The number of anilines is 1. The molecule has 4 aromatic rings. The first-order valence-corrected chi connectivity index (χ1v) is 13.6. The van der Waals surface area contributed by atoms with E-state index in [1.807, 2.05) is 13.1 Å². The second-order valence-electron chi connectivity index (χ2n) is 10.7. The Labute approximate surface area is 220 Å². The van der Waals surface area contributed by atoms with Crippen LogP contribution >= 0.6 is 11.6 Å². The minimum atomic E-state index is -0.170. The van der Waals surface area contributed by atoms with Crippen molar-refractivity contribution in [1.29, 1.82) is 0 Å². The Morgan fingerprint density at radius 1 is 1.22 bits per heavy atom. The zero-order valence-corrected chi connectivity index (χ0v) is 22.1. The van der Waals surface area contributed by atoms with E-state index in [1.165, 1.54) is 6.20 Å². The number of hydrogen-bond donors (Lipinski definition) is 2. The van der Waals surface area contributed by atoms with E-state index in [0.717, 1.165) is 54.6 Å². The number of carbonyl (C=O) groups excluding carboxylic acids is 1. The molecule has 2 atom stereocenters. The number of ether oxygens (including phenoxy) is 1. The van der Waals surface area contributed by atoms with Crippen LogP contribution in [0.2, 0.25) is 5.15 Å². The molecule has 0 spiro atoms. The summed E-state index contributed by atoms with van der Waals surface area (Å²) in [6.45, 7) is 7.47. The van der Waals surface area contributed by atoms with Crippen molar-refractivity contribution < 1.29 is 9.53 Å². The highest BCUT2D eigenvalue weighted by atomic mass is 35.5. The molecule has 2 N–H and O–H groups in total. The van der Waals surface area contributed by atoms with Gasteiger partial charge < -0.3 is 19.6 Å². The van der Waals surface area contributed by atoms with Gasteiger partial charge in [0.1, 0.15) is 22.1 Å². The lowest BCUT2D eigenvalue weighted by Gasteiger charge is -2.47. The average molecular weight is 522 g/mol. The van der Waals surface area contributed by atoms with Crippen LogP contribution in [0.25, 0.3) is 33.6 Å². The minimum absolute atomic E-state index is 0.0249. The molecule has 4 heterocycles. The van der Waals surface area contributed by atoms with Gasteiger partial charge in [0.15, 0.2) is 11.5 Å². The molecule has 0 radical (unpaired) electrons. The van der Waals surface area contributed by atoms with Gasteiger partial charge in [-0.25, -0.2) is 19.9 Å². The molecule has 3 fully saturated rings. The van der Waals surface area contributed by atoms with Gasteiger partial charge in [-0.3, -0.25) is 4.79 Å². The summed E-state index contributed by atoms with van der Waals surface area (Å²) in [6, 6.07) is 2.04. The van der Waals surface area contributed by atoms with Gasteiger partial charge in [-0.1, -0.05) is 25.4 Å². The van der Waals surface area contributed by atoms with E-state index in [-0.39, 0.29) is 17.9 Å². The molecule has 0 saturated heterocycles. The monoisotopic (exact) mass is 521 g/mol. The van der Waals surface area contributed by atoms with Crippen molar-refractivity contribution in [1.82, 2.24) is 29.5 Å². The number of halogens is 1. The van der Waals surface area contributed by atoms with Crippen molar-refractivity contribution in [2.75, 3.05) is 11.9 Å². The fourth-order valence-electron chi connectivity index (χ4n) is 6.27. The van der Waals surface area contributed by atoms with Crippen molar-refractivity contribution in [2.45, 2.75) is 59.0 Å². The number of hydrogen-bond acceptors (Lipinski definition) is 7.